The third kappa shape index (κ3) is 3.03. The maximum atomic E-state index is 12.7. The van der Waals surface area contributed by atoms with Gasteiger partial charge in [-0.25, -0.2) is 0 Å². The van der Waals surface area contributed by atoms with Crippen molar-refractivity contribution in [2.24, 2.45) is 0 Å². The first kappa shape index (κ1) is 15.5. The molecule has 1 fully saturated rings. The van der Waals surface area contributed by atoms with Gasteiger partial charge in [0.25, 0.3) is 5.91 Å². The highest BCUT2D eigenvalue weighted by Crippen LogP contribution is 2.30. The highest BCUT2D eigenvalue weighted by molar-refractivity contribution is 5.93. The molecule has 128 valence electrons. The third-order valence-corrected chi connectivity index (χ3v) is 4.38. The van der Waals surface area contributed by atoms with Gasteiger partial charge in [0.05, 0.1) is 5.69 Å². The average Bonchev–Trinajstić information content (AvgIpc) is 3.36. The number of carbonyl (C=O) groups is 1. The summed E-state index contributed by atoms with van der Waals surface area (Å²) in [6.07, 6.45) is 2.43. The van der Waals surface area contributed by atoms with E-state index in [1.54, 1.807) is 6.07 Å². The van der Waals surface area contributed by atoms with Crippen LogP contribution < -0.4 is 5.32 Å². The van der Waals surface area contributed by atoms with Crippen molar-refractivity contribution in [1.82, 2.24) is 25.7 Å². The van der Waals surface area contributed by atoms with Crippen molar-refractivity contribution >= 4 is 5.91 Å². The lowest BCUT2D eigenvalue weighted by Crippen LogP contribution is -2.50. The number of ether oxygens (including phenoxy) is 1. The van der Waals surface area contributed by atoms with Gasteiger partial charge in [-0.2, -0.15) is 10.1 Å². The zero-order valence-electron chi connectivity index (χ0n) is 13.4. The minimum atomic E-state index is -0.694. The number of nitrogens with zero attached hydrogens (tertiary/aromatic N) is 3. The zero-order chi connectivity index (χ0) is 17.1. The number of aromatic amines is 1. The van der Waals surface area contributed by atoms with Gasteiger partial charge in [0, 0.05) is 31.6 Å². The van der Waals surface area contributed by atoms with Crippen LogP contribution in [0.25, 0.3) is 11.3 Å². The molecule has 2 aromatic heterocycles. The Morgan fingerprint density at radius 3 is 2.72 bits per heavy atom. The SMILES string of the molecule is O=C(NC1(c2ncon2)CCOCC1)c1cc(-c2ccccc2)n[nH]1. The quantitative estimate of drug-likeness (QED) is 0.752. The Balaban J connectivity index is 1.57. The van der Waals surface area contributed by atoms with Crippen LogP contribution >= 0.6 is 0 Å². The van der Waals surface area contributed by atoms with Crippen molar-refractivity contribution < 1.29 is 14.1 Å². The Hall–Kier alpha value is -3.00. The van der Waals surface area contributed by atoms with Crippen LogP contribution in [0.5, 0.6) is 0 Å². The van der Waals surface area contributed by atoms with Gasteiger partial charge in [0.1, 0.15) is 11.2 Å². The first-order valence-corrected chi connectivity index (χ1v) is 8.05. The molecule has 3 heterocycles. The van der Waals surface area contributed by atoms with E-state index in [2.05, 4.69) is 25.7 Å². The monoisotopic (exact) mass is 339 g/mol. The van der Waals surface area contributed by atoms with Crippen LogP contribution in [0.2, 0.25) is 0 Å². The molecule has 1 aliphatic heterocycles. The summed E-state index contributed by atoms with van der Waals surface area (Å²) in [6.45, 7) is 1.04. The van der Waals surface area contributed by atoms with Gasteiger partial charge in [-0.05, 0) is 6.07 Å². The molecule has 8 heteroatoms. The molecule has 0 atom stereocenters. The number of nitrogens with one attached hydrogen (secondary N) is 2. The van der Waals surface area contributed by atoms with Crippen LogP contribution in [0.3, 0.4) is 0 Å². The standard InChI is InChI=1S/C17H17N5O3/c23-15(14-10-13(20-21-14)12-4-2-1-3-5-12)19-17(6-8-24-9-7-17)16-18-11-25-22-16/h1-5,10-11H,6-9H2,(H,19,23)(H,20,21). The number of amides is 1. The van der Waals surface area contributed by atoms with E-state index in [0.717, 1.165) is 5.56 Å². The normalized spacial score (nSPS) is 16.5. The summed E-state index contributed by atoms with van der Waals surface area (Å²) in [5, 5.41) is 14.0. The smallest absolute Gasteiger partial charge is 0.270 e. The first-order chi connectivity index (χ1) is 12.3. The van der Waals surface area contributed by atoms with E-state index in [-0.39, 0.29) is 5.91 Å². The predicted octanol–water partition coefficient (Wildman–Crippen LogP) is 1.90. The lowest BCUT2D eigenvalue weighted by molar-refractivity contribution is 0.0304. The maximum absolute atomic E-state index is 12.7. The van der Waals surface area contributed by atoms with Gasteiger partial charge in [-0.1, -0.05) is 35.5 Å². The molecule has 1 aromatic carbocycles. The number of benzene rings is 1. The topological polar surface area (TPSA) is 106 Å². The molecule has 0 radical (unpaired) electrons. The van der Waals surface area contributed by atoms with E-state index in [9.17, 15) is 4.79 Å². The molecule has 0 unspecified atom stereocenters. The lowest BCUT2D eigenvalue weighted by Gasteiger charge is -2.34. The molecule has 4 rings (SSSR count). The van der Waals surface area contributed by atoms with Crippen molar-refractivity contribution in [2.45, 2.75) is 18.4 Å². The highest BCUT2D eigenvalue weighted by atomic mass is 16.5. The number of hydrogen-bond donors (Lipinski definition) is 2. The molecule has 1 amide bonds. The molecule has 8 nitrogen and oxygen atoms in total. The molecule has 0 aliphatic carbocycles. The summed E-state index contributed by atoms with van der Waals surface area (Å²) in [5.41, 5.74) is 1.34. The second-order valence-corrected chi connectivity index (χ2v) is 5.94. The minimum absolute atomic E-state index is 0.263. The van der Waals surface area contributed by atoms with E-state index >= 15 is 0 Å². The van der Waals surface area contributed by atoms with Crippen molar-refractivity contribution in [2.75, 3.05) is 13.2 Å². The summed E-state index contributed by atoms with van der Waals surface area (Å²) in [4.78, 5) is 16.9. The van der Waals surface area contributed by atoms with E-state index in [4.69, 9.17) is 9.26 Å². The van der Waals surface area contributed by atoms with E-state index in [0.29, 0.717) is 43.3 Å². The number of aromatic nitrogens is 4. The van der Waals surface area contributed by atoms with Crippen molar-refractivity contribution in [3.8, 4) is 11.3 Å². The molecule has 0 spiro atoms. The Kier molecular flexibility index (Phi) is 4.02. The second kappa shape index (κ2) is 6.48. The fourth-order valence-electron chi connectivity index (χ4n) is 2.99. The fourth-order valence-corrected chi connectivity index (χ4v) is 2.99. The van der Waals surface area contributed by atoms with Crippen molar-refractivity contribution in [1.29, 1.82) is 0 Å². The van der Waals surface area contributed by atoms with Gasteiger partial charge in [0.2, 0.25) is 6.39 Å². The molecular weight excluding hydrogens is 322 g/mol. The number of rotatable bonds is 4. The predicted molar refractivity (Wildman–Crippen MR) is 87.5 cm³/mol. The summed E-state index contributed by atoms with van der Waals surface area (Å²) >= 11 is 0. The molecule has 3 aromatic rings. The van der Waals surface area contributed by atoms with Gasteiger partial charge in [-0.15, -0.1) is 0 Å². The van der Waals surface area contributed by atoms with Gasteiger partial charge in [-0.3, -0.25) is 9.89 Å². The molecule has 0 bridgehead atoms. The molecule has 25 heavy (non-hydrogen) atoms. The number of carbonyl (C=O) groups excluding carboxylic acids is 1. The Bertz CT molecular complexity index is 838. The minimum Gasteiger partial charge on any atom is -0.381 e. The number of hydrogen-bond acceptors (Lipinski definition) is 6. The van der Waals surface area contributed by atoms with Crippen LogP contribution in [0.4, 0.5) is 0 Å². The van der Waals surface area contributed by atoms with Crippen molar-refractivity contribution in [3.05, 3.63) is 54.3 Å². The molecular formula is C17H17N5O3. The highest BCUT2D eigenvalue weighted by Gasteiger charge is 2.40. The van der Waals surface area contributed by atoms with Gasteiger partial charge < -0.3 is 14.6 Å². The fraction of sp³-hybridized carbons (Fsp3) is 0.294. The lowest BCUT2D eigenvalue weighted by atomic mass is 9.89. The number of H-pyrrole nitrogens is 1. The third-order valence-electron chi connectivity index (χ3n) is 4.38. The van der Waals surface area contributed by atoms with Crippen molar-refractivity contribution in [3.63, 3.8) is 0 Å². The van der Waals surface area contributed by atoms with Crippen LogP contribution in [-0.4, -0.2) is 39.5 Å². The Morgan fingerprint density at radius 2 is 2.00 bits per heavy atom. The Morgan fingerprint density at radius 1 is 1.20 bits per heavy atom. The molecule has 2 N–H and O–H groups in total. The Labute approximate surface area is 143 Å². The van der Waals surface area contributed by atoms with Gasteiger partial charge >= 0.3 is 0 Å². The van der Waals surface area contributed by atoms with Crippen LogP contribution in [-0.2, 0) is 10.3 Å². The average molecular weight is 339 g/mol. The van der Waals surface area contributed by atoms with E-state index < -0.39 is 5.54 Å². The molecule has 1 saturated heterocycles. The molecule has 0 saturated carbocycles. The van der Waals surface area contributed by atoms with E-state index in [1.807, 2.05) is 30.3 Å². The maximum Gasteiger partial charge on any atom is 0.270 e. The largest absolute Gasteiger partial charge is 0.381 e. The first-order valence-electron chi connectivity index (χ1n) is 8.05. The summed E-state index contributed by atoms with van der Waals surface area (Å²) in [7, 11) is 0. The summed E-state index contributed by atoms with van der Waals surface area (Å²) in [5.74, 6) is 0.202. The van der Waals surface area contributed by atoms with Crippen LogP contribution in [0.15, 0.2) is 47.3 Å². The molecule has 1 aliphatic rings. The second-order valence-electron chi connectivity index (χ2n) is 5.94. The van der Waals surface area contributed by atoms with Crippen LogP contribution in [0, 0.1) is 0 Å². The van der Waals surface area contributed by atoms with Crippen LogP contribution in [0.1, 0.15) is 29.2 Å². The zero-order valence-corrected chi connectivity index (χ0v) is 13.4. The van der Waals surface area contributed by atoms with Gasteiger partial charge in [0.15, 0.2) is 5.82 Å². The summed E-state index contributed by atoms with van der Waals surface area (Å²) < 4.78 is 10.3. The van der Waals surface area contributed by atoms with E-state index in [1.165, 1.54) is 6.39 Å². The summed E-state index contributed by atoms with van der Waals surface area (Å²) in [6, 6.07) is 11.4.